The van der Waals surface area contributed by atoms with E-state index in [4.69, 9.17) is 10.8 Å². The second-order valence-electron chi connectivity index (χ2n) is 4.55. The van der Waals surface area contributed by atoms with Crippen molar-refractivity contribution in [3.8, 4) is 0 Å². The molecule has 2 unspecified atom stereocenters. The standard InChI is InChI=1S/C10H22N2O/c1-8(2)5-12-4-3-9(6-12)10(11)7-13/h8-10,13H,3-7,11H2,1-2H3. The van der Waals surface area contributed by atoms with E-state index in [0.29, 0.717) is 5.92 Å². The molecule has 1 aliphatic heterocycles. The fourth-order valence-corrected chi connectivity index (χ4v) is 2.04. The minimum atomic E-state index is -0.0165. The molecule has 0 radical (unpaired) electrons. The van der Waals surface area contributed by atoms with Crippen LogP contribution in [0.5, 0.6) is 0 Å². The molecular formula is C10H22N2O. The first-order valence-electron chi connectivity index (χ1n) is 5.22. The Morgan fingerprint density at radius 3 is 2.77 bits per heavy atom. The zero-order valence-electron chi connectivity index (χ0n) is 8.74. The van der Waals surface area contributed by atoms with Gasteiger partial charge in [-0.1, -0.05) is 13.8 Å². The van der Waals surface area contributed by atoms with Crippen LogP contribution >= 0.6 is 0 Å². The first kappa shape index (κ1) is 11.0. The van der Waals surface area contributed by atoms with E-state index in [-0.39, 0.29) is 12.6 Å². The van der Waals surface area contributed by atoms with Gasteiger partial charge in [-0.15, -0.1) is 0 Å². The van der Waals surface area contributed by atoms with Gasteiger partial charge in [-0.3, -0.25) is 0 Å². The number of aliphatic hydroxyl groups is 1. The van der Waals surface area contributed by atoms with Crippen LogP contribution in [-0.2, 0) is 0 Å². The van der Waals surface area contributed by atoms with Gasteiger partial charge in [0.1, 0.15) is 0 Å². The molecule has 0 spiro atoms. The van der Waals surface area contributed by atoms with Gasteiger partial charge in [0.25, 0.3) is 0 Å². The Morgan fingerprint density at radius 2 is 2.23 bits per heavy atom. The Hall–Kier alpha value is -0.120. The zero-order valence-corrected chi connectivity index (χ0v) is 8.74. The molecule has 0 amide bonds. The van der Waals surface area contributed by atoms with E-state index >= 15 is 0 Å². The molecule has 1 heterocycles. The van der Waals surface area contributed by atoms with Crippen molar-refractivity contribution in [3.63, 3.8) is 0 Å². The third-order valence-corrected chi connectivity index (χ3v) is 2.75. The Bertz CT molecular complexity index is 150. The Labute approximate surface area is 80.9 Å². The number of rotatable bonds is 4. The van der Waals surface area contributed by atoms with Crippen LogP contribution in [0, 0.1) is 11.8 Å². The van der Waals surface area contributed by atoms with Gasteiger partial charge in [-0.05, 0) is 24.8 Å². The number of hydrogen-bond donors (Lipinski definition) is 2. The second-order valence-corrected chi connectivity index (χ2v) is 4.55. The zero-order chi connectivity index (χ0) is 9.84. The van der Waals surface area contributed by atoms with Crippen LogP contribution in [0.4, 0.5) is 0 Å². The van der Waals surface area contributed by atoms with Crippen LogP contribution < -0.4 is 5.73 Å². The molecule has 1 saturated heterocycles. The SMILES string of the molecule is CC(C)CN1CCC(C(N)CO)C1. The van der Waals surface area contributed by atoms with Crippen molar-refractivity contribution in [3.05, 3.63) is 0 Å². The molecular weight excluding hydrogens is 164 g/mol. The summed E-state index contributed by atoms with van der Waals surface area (Å²) in [6, 6.07) is -0.0165. The molecule has 3 nitrogen and oxygen atoms in total. The highest BCUT2D eigenvalue weighted by Gasteiger charge is 2.26. The van der Waals surface area contributed by atoms with E-state index in [1.54, 1.807) is 0 Å². The summed E-state index contributed by atoms with van der Waals surface area (Å²) >= 11 is 0. The predicted molar refractivity (Wildman–Crippen MR) is 54.4 cm³/mol. The van der Waals surface area contributed by atoms with Crippen molar-refractivity contribution in [2.75, 3.05) is 26.2 Å². The van der Waals surface area contributed by atoms with Gasteiger partial charge in [0.05, 0.1) is 6.61 Å². The van der Waals surface area contributed by atoms with Crippen molar-refractivity contribution >= 4 is 0 Å². The molecule has 2 atom stereocenters. The molecule has 0 aromatic rings. The normalized spacial score (nSPS) is 27.0. The maximum absolute atomic E-state index is 8.92. The topological polar surface area (TPSA) is 49.5 Å². The molecule has 0 saturated carbocycles. The summed E-state index contributed by atoms with van der Waals surface area (Å²) in [6.07, 6.45) is 1.15. The molecule has 1 rings (SSSR count). The number of nitrogens with two attached hydrogens (primary N) is 1. The quantitative estimate of drug-likeness (QED) is 0.663. The fourth-order valence-electron chi connectivity index (χ4n) is 2.04. The smallest absolute Gasteiger partial charge is 0.0585 e. The van der Waals surface area contributed by atoms with Gasteiger partial charge in [0, 0.05) is 19.1 Å². The van der Waals surface area contributed by atoms with Gasteiger partial charge >= 0.3 is 0 Å². The average Bonchev–Trinajstić information content (AvgIpc) is 2.50. The summed E-state index contributed by atoms with van der Waals surface area (Å²) < 4.78 is 0. The van der Waals surface area contributed by atoms with E-state index in [1.807, 2.05) is 0 Å². The number of nitrogens with zero attached hydrogens (tertiary/aromatic N) is 1. The molecule has 1 fully saturated rings. The highest BCUT2D eigenvalue weighted by Crippen LogP contribution is 2.19. The summed E-state index contributed by atoms with van der Waals surface area (Å²) in [4.78, 5) is 2.45. The minimum Gasteiger partial charge on any atom is -0.395 e. The van der Waals surface area contributed by atoms with Crippen LogP contribution in [0.1, 0.15) is 20.3 Å². The Morgan fingerprint density at radius 1 is 1.54 bits per heavy atom. The minimum absolute atomic E-state index is 0.0165. The molecule has 0 bridgehead atoms. The first-order chi connectivity index (χ1) is 6.13. The lowest BCUT2D eigenvalue weighted by Crippen LogP contribution is -2.36. The number of aliphatic hydroxyl groups excluding tert-OH is 1. The van der Waals surface area contributed by atoms with Crippen LogP contribution in [0.15, 0.2) is 0 Å². The van der Waals surface area contributed by atoms with Gasteiger partial charge in [0.15, 0.2) is 0 Å². The summed E-state index contributed by atoms with van der Waals surface area (Å²) in [5, 5.41) is 8.92. The highest BCUT2D eigenvalue weighted by atomic mass is 16.3. The molecule has 1 aliphatic rings. The van der Waals surface area contributed by atoms with Crippen molar-refractivity contribution in [2.24, 2.45) is 17.6 Å². The number of hydrogen-bond acceptors (Lipinski definition) is 3. The molecule has 3 N–H and O–H groups in total. The predicted octanol–water partition coefficient (Wildman–Crippen LogP) is 0.284. The Kier molecular flexibility index (Phi) is 4.16. The van der Waals surface area contributed by atoms with E-state index in [2.05, 4.69) is 18.7 Å². The second kappa shape index (κ2) is 4.94. The molecule has 3 heteroatoms. The molecule has 78 valence electrons. The summed E-state index contributed by atoms with van der Waals surface area (Å²) in [5.41, 5.74) is 5.79. The van der Waals surface area contributed by atoms with Crippen LogP contribution in [0.25, 0.3) is 0 Å². The van der Waals surface area contributed by atoms with Crippen molar-refractivity contribution < 1.29 is 5.11 Å². The summed E-state index contributed by atoms with van der Waals surface area (Å²) in [7, 11) is 0. The van der Waals surface area contributed by atoms with Crippen molar-refractivity contribution in [2.45, 2.75) is 26.3 Å². The van der Waals surface area contributed by atoms with Gasteiger partial charge in [0.2, 0.25) is 0 Å². The Balaban J connectivity index is 2.27. The largest absolute Gasteiger partial charge is 0.395 e. The highest BCUT2D eigenvalue weighted by molar-refractivity contribution is 4.82. The van der Waals surface area contributed by atoms with Crippen LogP contribution in [0.3, 0.4) is 0 Å². The van der Waals surface area contributed by atoms with Crippen LogP contribution in [0.2, 0.25) is 0 Å². The average molecular weight is 186 g/mol. The third-order valence-electron chi connectivity index (χ3n) is 2.75. The van der Waals surface area contributed by atoms with E-state index in [9.17, 15) is 0 Å². The third kappa shape index (κ3) is 3.25. The lowest BCUT2D eigenvalue weighted by molar-refractivity contribution is 0.218. The van der Waals surface area contributed by atoms with Crippen molar-refractivity contribution in [1.82, 2.24) is 4.90 Å². The molecule has 0 aliphatic carbocycles. The van der Waals surface area contributed by atoms with Crippen LogP contribution in [-0.4, -0.2) is 42.3 Å². The monoisotopic (exact) mass is 186 g/mol. The summed E-state index contributed by atoms with van der Waals surface area (Å²) in [5.74, 6) is 1.23. The molecule has 0 aromatic heterocycles. The van der Waals surface area contributed by atoms with Crippen molar-refractivity contribution in [1.29, 1.82) is 0 Å². The number of likely N-dealkylation sites (tertiary alicyclic amines) is 1. The fraction of sp³-hybridized carbons (Fsp3) is 1.00. The van der Waals surface area contributed by atoms with Gasteiger partial charge < -0.3 is 15.7 Å². The van der Waals surface area contributed by atoms with Gasteiger partial charge in [-0.2, -0.15) is 0 Å². The van der Waals surface area contributed by atoms with Gasteiger partial charge in [-0.25, -0.2) is 0 Å². The first-order valence-corrected chi connectivity index (χ1v) is 5.22. The lowest BCUT2D eigenvalue weighted by atomic mass is 10.0. The maximum atomic E-state index is 8.92. The van der Waals surface area contributed by atoms with E-state index in [1.165, 1.54) is 0 Å². The lowest BCUT2D eigenvalue weighted by Gasteiger charge is -2.20. The van der Waals surface area contributed by atoms with E-state index < -0.39 is 0 Å². The summed E-state index contributed by atoms with van der Waals surface area (Å²) in [6.45, 7) is 7.98. The maximum Gasteiger partial charge on any atom is 0.0585 e. The molecule has 0 aromatic carbocycles. The van der Waals surface area contributed by atoms with E-state index in [0.717, 1.165) is 32.0 Å². The molecule has 13 heavy (non-hydrogen) atoms.